The fourth-order valence-electron chi connectivity index (χ4n) is 2.21. The molecule has 1 aliphatic carbocycles. The zero-order chi connectivity index (χ0) is 12.1. The van der Waals surface area contributed by atoms with Gasteiger partial charge in [0.05, 0.1) is 0 Å². The Labute approximate surface area is 107 Å². The van der Waals surface area contributed by atoms with Crippen molar-refractivity contribution in [2.24, 2.45) is 0 Å². The number of rotatable bonds is 4. The van der Waals surface area contributed by atoms with Crippen LogP contribution in [0.2, 0.25) is 5.02 Å². The molecule has 0 saturated carbocycles. The van der Waals surface area contributed by atoms with Crippen molar-refractivity contribution in [1.29, 1.82) is 0 Å². The Morgan fingerprint density at radius 1 is 1.12 bits per heavy atom. The molecule has 0 heterocycles. The van der Waals surface area contributed by atoms with Crippen molar-refractivity contribution in [3.05, 3.63) is 46.5 Å². The van der Waals surface area contributed by atoms with Gasteiger partial charge >= 0.3 is 0 Å². The summed E-state index contributed by atoms with van der Waals surface area (Å²) in [5.41, 5.74) is 2.38. The number of hydrogen-bond donors (Lipinski definition) is 0. The number of hydrogen-bond acceptors (Lipinski definition) is 1. The lowest BCUT2D eigenvalue weighted by Crippen LogP contribution is -2.05. The Morgan fingerprint density at radius 2 is 1.88 bits per heavy atom. The third kappa shape index (κ3) is 4.01. The van der Waals surface area contributed by atoms with Gasteiger partial charge in [-0.1, -0.05) is 35.4 Å². The number of allylic oxidation sites excluding steroid dienone is 2. The molecule has 1 nitrogen and oxygen atoms in total. The van der Waals surface area contributed by atoms with Crippen molar-refractivity contribution in [3.8, 4) is 0 Å². The zero-order valence-electron chi connectivity index (χ0n) is 9.92. The third-order valence-electron chi connectivity index (χ3n) is 3.12. The molecule has 90 valence electrons. The van der Waals surface area contributed by atoms with Crippen LogP contribution in [0.3, 0.4) is 0 Å². The minimum Gasteiger partial charge on any atom is -0.299 e. The van der Waals surface area contributed by atoms with E-state index in [1.165, 1.54) is 18.4 Å². The first-order valence-corrected chi connectivity index (χ1v) is 6.56. The highest BCUT2D eigenvalue weighted by atomic mass is 35.5. The van der Waals surface area contributed by atoms with E-state index in [2.05, 4.69) is 6.08 Å². The van der Waals surface area contributed by atoms with E-state index in [4.69, 9.17) is 11.6 Å². The topological polar surface area (TPSA) is 17.1 Å². The smallest absolute Gasteiger partial charge is 0.141 e. The van der Waals surface area contributed by atoms with Crippen molar-refractivity contribution in [2.45, 2.75) is 38.5 Å². The highest BCUT2D eigenvalue weighted by Gasteiger charge is 2.09. The lowest BCUT2D eigenvalue weighted by Gasteiger charge is -2.11. The average Bonchev–Trinajstić information content (AvgIpc) is 2.33. The summed E-state index contributed by atoms with van der Waals surface area (Å²) in [4.78, 5) is 11.9. The normalized spacial score (nSPS) is 15.5. The molecule has 0 amide bonds. The van der Waals surface area contributed by atoms with E-state index < -0.39 is 0 Å². The molecule has 1 aliphatic rings. The summed E-state index contributed by atoms with van der Waals surface area (Å²) in [6, 6.07) is 7.53. The first kappa shape index (κ1) is 12.4. The lowest BCUT2D eigenvalue weighted by atomic mass is 9.94. The maximum atomic E-state index is 11.9. The standard InChI is InChI=1S/C15H17ClO/c16-14-8-6-13(7-9-14)11-15(17)10-12-4-2-1-3-5-12/h4,6-9H,1-3,5,10-11H2. The molecule has 0 unspecified atom stereocenters. The summed E-state index contributed by atoms with van der Waals surface area (Å²) >= 11 is 5.81. The van der Waals surface area contributed by atoms with Gasteiger partial charge < -0.3 is 0 Å². The quantitative estimate of drug-likeness (QED) is 0.725. The second-order valence-corrected chi connectivity index (χ2v) is 5.06. The fourth-order valence-corrected chi connectivity index (χ4v) is 2.34. The first-order valence-electron chi connectivity index (χ1n) is 6.18. The van der Waals surface area contributed by atoms with Gasteiger partial charge in [0, 0.05) is 17.9 Å². The predicted octanol–water partition coefficient (Wildman–Crippen LogP) is 4.34. The van der Waals surface area contributed by atoms with Gasteiger partial charge in [0.25, 0.3) is 0 Å². The largest absolute Gasteiger partial charge is 0.299 e. The van der Waals surface area contributed by atoms with Crippen molar-refractivity contribution in [1.82, 2.24) is 0 Å². The number of Topliss-reactive ketones (excluding diaryl/α,β-unsaturated/α-hetero) is 1. The second kappa shape index (κ2) is 6.02. The molecule has 1 aromatic rings. The Kier molecular flexibility index (Phi) is 4.38. The molecule has 0 atom stereocenters. The van der Waals surface area contributed by atoms with E-state index in [9.17, 15) is 4.79 Å². The molecule has 17 heavy (non-hydrogen) atoms. The number of carbonyl (C=O) groups excluding carboxylic acids is 1. The van der Waals surface area contributed by atoms with Crippen molar-refractivity contribution in [2.75, 3.05) is 0 Å². The maximum absolute atomic E-state index is 11.9. The molecular formula is C15H17ClO. The van der Waals surface area contributed by atoms with Gasteiger partial charge in [-0.15, -0.1) is 0 Å². The monoisotopic (exact) mass is 248 g/mol. The Balaban J connectivity index is 1.88. The van der Waals surface area contributed by atoms with Crippen LogP contribution < -0.4 is 0 Å². The van der Waals surface area contributed by atoms with Gasteiger partial charge in [-0.25, -0.2) is 0 Å². The summed E-state index contributed by atoms with van der Waals surface area (Å²) in [5.74, 6) is 0.306. The van der Waals surface area contributed by atoms with Crippen LogP contribution in [0.5, 0.6) is 0 Å². The van der Waals surface area contributed by atoms with E-state index in [-0.39, 0.29) is 0 Å². The molecule has 0 bridgehead atoms. The Morgan fingerprint density at radius 3 is 2.53 bits per heavy atom. The van der Waals surface area contributed by atoms with Crippen LogP contribution >= 0.6 is 11.6 Å². The molecule has 2 rings (SSSR count). The van der Waals surface area contributed by atoms with E-state index in [1.54, 1.807) is 0 Å². The van der Waals surface area contributed by atoms with Gasteiger partial charge in [-0.3, -0.25) is 4.79 Å². The van der Waals surface area contributed by atoms with Crippen LogP contribution in [0.15, 0.2) is 35.9 Å². The van der Waals surface area contributed by atoms with Crippen molar-refractivity contribution < 1.29 is 4.79 Å². The molecule has 0 radical (unpaired) electrons. The minimum absolute atomic E-state index is 0.306. The van der Waals surface area contributed by atoms with E-state index in [0.29, 0.717) is 18.6 Å². The average molecular weight is 249 g/mol. The van der Waals surface area contributed by atoms with E-state index >= 15 is 0 Å². The van der Waals surface area contributed by atoms with Crippen LogP contribution in [-0.4, -0.2) is 5.78 Å². The van der Waals surface area contributed by atoms with Gasteiger partial charge in [0.15, 0.2) is 0 Å². The molecule has 0 spiro atoms. The molecule has 2 heteroatoms. The molecule has 0 N–H and O–H groups in total. The van der Waals surface area contributed by atoms with Crippen molar-refractivity contribution >= 4 is 17.4 Å². The van der Waals surface area contributed by atoms with Gasteiger partial charge in [-0.2, -0.15) is 0 Å². The number of benzene rings is 1. The van der Waals surface area contributed by atoms with Gasteiger partial charge in [0.2, 0.25) is 0 Å². The van der Waals surface area contributed by atoms with E-state index in [0.717, 1.165) is 23.4 Å². The minimum atomic E-state index is 0.306. The summed E-state index contributed by atoms with van der Waals surface area (Å²) in [6.45, 7) is 0. The molecule has 0 aliphatic heterocycles. The molecular weight excluding hydrogens is 232 g/mol. The second-order valence-electron chi connectivity index (χ2n) is 4.63. The molecule has 0 saturated heterocycles. The third-order valence-corrected chi connectivity index (χ3v) is 3.38. The summed E-state index contributed by atoms with van der Waals surface area (Å²) < 4.78 is 0. The number of halogens is 1. The highest BCUT2D eigenvalue weighted by molar-refractivity contribution is 6.30. The zero-order valence-corrected chi connectivity index (χ0v) is 10.7. The SMILES string of the molecule is O=C(CC1=CCCCC1)Cc1ccc(Cl)cc1. The molecule has 1 aromatic carbocycles. The van der Waals surface area contributed by atoms with Crippen molar-refractivity contribution in [3.63, 3.8) is 0 Å². The summed E-state index contributed by atoms with van der Waals surface area (Å²) in [7, 11) is 0. The molecule has 0 fully saturated rings. The number of ketones is 1. The van der Waals surface area contributed by atoms with Crippen LogP contribution in [0.4, 0.5) is 0 Å². The van der Waals surface area contributed by atoms with Crippen LogP contribution in [0.1, 0.15) is 37.7 Å². The van der Waals surface area contributed by atoms with Gasteiger partial charge in [-0.05, 0) is 43.4 Å². The first-order chi connectivity index (χ1) is 8.24. The Hall–Kier alpha value is -1.08. The summed E-state index contributed by atoms with van der Waals surface area (Å²) in [6.07, 6.45) is 8.14. The maximum Gasteiger partial charge on any atom is 0.141 e. The van der Waals surface area contributed by atoms with Crippen LogP contribution in [0, 0.1) is 0 Å². The fraction of sp³-hybridized carbons (Fsp3) is 0.400. The molecule has 0 aromatic heterocycles. The lowest BCUT2D eigenvalue weighted by molar-refractivity contribution is -0.117. The predicted molar refractivity (Wildman–Crippen MR) is 71.3 cm³/mol. The Bertz CT molecular complexity index is 417. The van der Waals surface area contributed by atoms with E-state index in [1.807, 2.05) is 24.3 Å². The van der Waals surface area contributed by atoms with Gasteiger partial charge in [0.1, 0.15) is 5.78 Å². The van der Waals surface area contributed by atoms with Crippen LogP contribution in [0.25, 0.3) is 0 Å². The summed E-state index contributed by atoms with van der Waals surface area (Å²) in [5, 5.41) is 0.719. The number of carbonyl (C=O) groups is 1. The van der Waals surface area contributed by atoms with Crippen LogP contribution in [-0.2, 0) is 11.2 Å². The highest BCUT2D eigenvalue weighted by Crippen LogP contribution is 2.21.